The number of rotatable bonds is 7. The molecule has 0 unspecified atom stereocenters. The van der Waals surface area contributed by atoms with Gasteiger partial charge in [-0.05, 0) is 30.7 Å². The summed E-state index contributed by atoms with van der Waals surface area (Å²) < 4.78 is 11.8. The second-order valence-electron chi connectivity index (χ2n) is 7.84. The lowest BCUT2D eigenvalue weighted by atomic mass is 10.1. The van der Waals surface area contributed by atoms with Crippen LogP contribution in [-0.4, -0.2) is 67.3 Å². The highest BCUT2D eigenvalue weighted by molar-refractivity contribution is 7.22. The van der Waals surface area contributed by atoms with Gasteiger partial charge < -0.3 is 14.5 Å². The summed E-state index contributed by atoms with van der Waals surface area (Å²) in [6.07, 6.45) is 2.67. The van der Waals surface area contributed by atoms with Crippen molar-refractivity contribution in [1.82, 2.24) is 14.9 Å². The molecule has 4 aromatic rings. The smallest absolute Gasteiger partial charge is 0.262 e. The summed E-state index contributed by atoms with van der Waals surface area (Å²) in [5.74, 6) is 0.755. The number of carbonyl (C=O) groups is 1. The Labute approximate surface area is 190 Å². The Morgan fingerprint density at radius 1 is 1.25 bits per heavy atom. The first kappa shape index (κ1) is 20.9. The van der Waals surface area contributed by atoms with Gasteiger partial charge >= 0.3 is 0 Å². The van der Waals surface area contributed by atoms with Crippen LogP contribution < -0.4 is 9.64 Å². The molecule has 0 saturated carbocycles. The van der Waals surface area contributed by atoms with Crippen molar-refractivity contribution in [2.45, 2.75) is 6.42 Å². The van der Waals surface area contributed by atoms with Crippen molar-refractivity contribution in [1.29, 1.82) is 0 Å². The minimum Gasteiger partial charge on any atom is -0.497 e. The number of H-pyrrole nitrogens is 1. The Morgan fingerprint density at radius 3 is 2.94 bits per heavy atom. The van der Waals surface area contributed by atoms with Crippen molar-refractivity contribution in [2.24, 2.45) is 0 Å². The molecule has 1 aliphatic heterocycles. The summed E-state index contributed by atoms with van der Waals surface area (Å²) in [5.41, 5.74) is 2.50. The number of nitrogens with zero attached hydrogens (tertiary/aromatic N) is 3. The van der Waals surface area contributed by atoms with Crippen LogP contribution in [0.1, 0.15) is 16.8 Å². The van der Waals surface area contributed by atoms with Crippen molar-refractivity contribution < 1.29 is 14.3 Å². The zero-order chi connectivity index (χ0) is 21.9. The van der Waals surface area contributed by atoms with Crippen LogP contribution >= 0.6 is 11.3 Å². The quantitative estimate of drug-likeness (QED) is 0.458. The van der Waals surface area contributed by atoms with Crippen molar-refractivity contribution in [3.05, 3.63) is 54.2 Å². The molecule has 1 fully saturated rings. The van der Waals surface area contributed by atoms with Gasteiger partial charge in [0.1, 0.15) is 5.75 Å². The van der Waals surface area contributed by atoms with Crippen molar-refractivity contribution in [3.8, 4) is 5.75 Å². The van der Waals surface area contributed by atoms with Crippen LogP contribution in [0.25, 0.3) is 21.1 Å². The molecule has 166 valence electrons. The van der Waals surface area contributed by atoms with Gasteiger partial charge in [-0.3, -0.25) is 14.6 Å². The maximum atomic E-state index is 13.7. The monoisotopic (exact) mass is 450 g/mol. The molecule has 1 amide bonds. The molecule has 0 atom stereocenters. The normalized spacial score (nSPS) is 14.8. The maximum absolute atomic E-state index is 13.7. The third kappa shape index (κ3) is 4.21. The summed E-state index contributed by atoms with van der Waals surface area (Å²) in [5, 5.41) is 1.64. The number of aromatic amines is 1. The third-order valence-corrected chi connectivity index (χ3v) is 6.88. The fourth-order valence-electron chi connectivity index (χ4n) is 4.09. The topological polar surface area (TPSA) is 70.7 Å². The number of para-hydroxylation sites is 1. The zero-order valence-electron chi connectivity index (χ0n) is 18.0. The van der Waals surface area contributed by atoms with E-state index in [9.17, 15) is 4.79 Å². The van der Waals surface area contributed by atoms with Gasteiger partial charge in [0.2, 0.25) is 0 Å². The molecule has 1 aliphatic rings. The number of amides is 1. The number of ether oxygens (including phenoxy) is 2. The van der Waals surface area contributed by atoms with Crippen LogP contribution in [0.2, 0.25) is 0 Å². The molecule has 7 nitrogen and oxygen atoms in total. The molecule has 1 saturated heterocycles. The third-order valence-electron chi connectivity index (χ3n) is 5.84. The Bertz CT molecular complexity index is 1230. The zero-order valence-corrected chi connectivity index (χ0v) is 18.9. The number of hydrogen-bond acceptors (Lipinski definition) is 6. The summed E-state index contributed by atoms with van der Waals surface area (Å²) in [6, 6.07) is 13.7. The molecule has 1 N–H and O–H groups in total. The first-order chi connectivity index (χ1) is 15.7. The molecule has 3 heterocycles. The second kappa shape index (κ2) is 9.28. The number of morpholine rings is 1. The molecule has 0 bridgehead atoms. The van der Waals surface area contributed by atoms with E-state index in [-0.39, 0.29) is 5.91 Å². The molecule has 0 aliphatic carbocycles. The molecule has 0 radical (unpaired) electrons. The lowest BCUT2D eigenvalue weighted by Gasteiger charge is -2.27. The number of methoxy groups -OCH3 is 1. The minimum atomic E-state index is -0.0320. The van der Waals surface area contributed by atoms with E-state index < -0.39 is 0 Å². The van der Waals surface area contributed by atoms with Crippen molar-refractivity contribution in [3.63, 3.8) is 0 Å². The van der Waals surface area contributed by atoms with Gasteiger partial charge in [0, 0.05) is 43.3 Å². The molecular formula is C24H26N4O3S. The number of nitrogens with one attached hydrogen (secondary N) is 1. The number of hydrogen-bond donors (Lipinski definition) is 1. The highest BCUT2D eigenvalue weighted by atomic mass is 32.1. The van der Waals surface area contributed by atoms with Gasteiger partial charge in [0.15, 0.2) is 5.13 Å². The van der Waals surface area contributed by atoms with Crippen LogP contribution in [0.3, 0.4) is 0 Å². The van der Waals surface area contributed by atoms with Crippen LogP contribution in [0.5, 0.6) is 5.75 Å². The van der Waals surface area contributed by atoms with E-state index in [1.165, 1.54) is 11.3 Å². The summed E-state index contributed by atoms with van der Waals surface area (Å²) in [7, 11) is 1.65. The number of carbonyl (C=O) groups excluding carboxylic acids is 1. The van der Waals surface area contributed by atoms with E-state index in [0.29, 0.717) is 17.2 Å². The van der Waals surface area contributed by atoms with Gasteiger partial charge in [0.05, 0.1) is 36.1 Å². The van der Waals surface area contributed by atoms with Gasteiger partial charge in [0.25, 0.3) is 5.91 Å². The van der Waals surface area contributed by atoms with Gasteiger partial charge in [-0.1, -0.05) is 29.5 Å². The van der Waals surface area contributed by atoms with E-state index in [1.807, 2.05) is 47.4 Å². The number of fused-ring (bicyclic) bond motifs is 2. The van der Waals surface area contributed by atoms with Crippen molar-refractivity contribution >= 4 is 43.5 Å². The Kier molecular flexibility index (Phi) is 6.07. The Balaban J connectivity index is 1.44. The van der Waals surface area contributed by atoms with Gasteiger partial charge in [-0.15, -0.1) is 0 Å². The van der Waals surface area contributed by atoms with Crippen LogP contribution in [-0.2, 0) is 4.74 Å². The molecule has 5 rings (SSSR count). The molecular weight excluding hydrogens is 424 g/mol. The van der Waals surface area contributed by atoms with Gasteiger partial charge in [-0.25, -0.2) is 4.98 Å². The lowest BCUT2D eigenvalue weighted by Crippen LogP contribution is -2.39. The number of anilines is 1. The Hall–Kier alpha value is -2.94. The predicted molar refractivity (Wildman–Crippen MR) is 128 cm³/mol. The highest BCUT2D eigenvalue weighted by Gasteiger charge is 2.24. The number of thiazole rings is 1. The van der Waals surface area contributed by atoms with E-state index in [2.05, 4.69) is 9.88 Å². The fourth-order valence-corrected chi connectivity index (χ4v) is 5.11. The second-order valence-corrected chi connectivity index (χ2v) is 8.85. The predicted octanol–water partition coefficient (Wildman–Crippen LogP) is 4.16. The fraction of sp³-hybridized carbons (Fsp3) is 0.333. The Morgan fingerprint density at radius 2 is 2.09 bits per heavy atom. The van der Waals surface area contributed by atoms with E-state index >= 15 is 0 Å². The standard InChI is InChI=1S/C24H26N4O3S/c1-30-17-7-8-21-22(15-17)32-24(26-21)28(10-4-9-27-11-13-31-14-12-27)23(29)19-16-25-20-6-3-2-5-18(19)20/h2-3,5-8,15-16,25H,4,9-14H2,1H3. The average Bonchev–Trinajstić information content (AvgIpc) is 3.45. The largest absolute Gasteiger partial charge is 0.497 e. The average molecular weight is 451 g/mol. The number of aromatic nitrogens is 2. The van der Waals surface area contributed by atoms with E-state index in [1.54, 1.807) is 13.3 Å². The van der Waals surface area contributed by atoms with Crippen LogP contribution in [0.15, 0.2) is 48.7 Å². The van der Waals surface area contributed by atoms with Crippen molar-refractivity contribution in [2.75, 3.05) is 51.4 Å². The molecule has 2 aromatic heterocycles. The lowest BCUT2D eigenvalue weighted by molar-refractivity contribution is 0.0376. The molecule has 2 aromatic carbocycles. The van der Waals surface area contributed by atoms with Crippen LogP contribution in [0, 0.1) is 0 Å². The number of benzene rings is 2. The van der Waals surface area contributed by atoms with E-state index in [4.69, 9.17) is 14.5 Å². The molecule has 0 spiro atoms. The minimum absolute atomic E-state index is 0.0320. The van der Waals surface area contributed by atoms with Gasteiger partial charge in [-0.2, -0.15) is 0 Å². The summed E-state index contributed by atoms with van der Waals surface area (Å²) in [6.45, 7) is 4.97. The maximum Gasteiger partial charge on any atom is 0.262 e. The summed E-state index contributed by atoms with van der Waals surface area (Å²) >= 11 is 1.52. The van der Waals surface area contributed by atoms with E-state index in [0.717, 1.165) is 66.1 Å². The highest BCUT2D eigenvalue weighted by Crippen LogP contribution is 2.33. The van der Waals surface area contributed by atoms with Crippen LogP contribution in [0.4, 0.5) is 5.13 Å². The molecule has 32 heavy (non-hydrogen) atoms. The SMILES string of the molecule is COc1ccc2nc(N(CCCN3CCOCC3)C(=O)c3c[nH]c4ccccc34)sc2c1. The summed E-state index contributed by atoms with van der Waals surface area (Å²) in [4.78, 5) is 25.9. The molecule has 8 heteroatoms. The first-order valence-electron chi connectivity index (χ1n) is 10.9. The first-order valence-corrected chi connectivity index (χ1v) is 11.7.